The van der Waals surface area contributed by atoms with Crippen LogP contribution in [0.3, 0.4) is 0 Å². The first kappa shape index (κ1) is 16.6. The molecule has 0 unspecified atom stereocenters. The molecule has 0 aliphatic rings. The van der Waals surface area contributed by atoms with E-state index in [0.717, 1.165) is 11.1 Å². The number of benzene rings is 2. The molecule has 4 aromatic rings. The highest BCUT2D eigenvalue weighted by atomic mass is 35.5. The summed E-state index contributed by atoms with van der Waals surface area (Å²) < 4.78 is 12.7. The first-order valence-electron chi connectivity index (χ1n) is 7.75. The highest BCUT2D eigenvalue weighted by Crippen LogP contribution is 2.28. The zero-order chi connectivity index (χ0) is 18.3. The van der Waals surface area contributed by atoms with Gasteiger partial charge >= 0.3 is 5.63 Å². The van der Waals surface area contributed by atoms with Gasteiger partial charge in [-0.15, -0.1) is 0 Å². The fourth-order valence-corrected chi connectivity index (χ4v) is 3.30. The third-order valence-corrected chi connectivity index (χ3v) is 4.66. The average Bonchev–Trinajstić information content (AvgIpc) is 3.02. The fraction of sp³-hybridized carbons (Fsp3) is 0.0526. The molecule has 1 N–H and O–H groups in total. The molecular weight excluding hydrogens is 372 g/mol. The van der Waals surface area contributed by atoms with Gasteiger partial charge in [-0.25, -0.2) is 4.79 Å². The summed E-state index contributed by atoms with van der Waals surface area (Å²) in [6, 6.07) is 14.5. The van der Waals surface area contributed by atoms with Gasteiger partial charge in [0.15, 0.2) is 4.77 Å². The van der Waals surface area contributed by atoms with Gasteiger partial charge in [0.05, 0.1) is 23.4 Å². The molecular formula is C19H13ClN2O3S. The van der Waals surface area contributed by atoms with Gasteiger partial charge in [-0.1, -0.05) is 29.8 Å². The lowest BCUT2D eigenvalue weighted by atomic mass is 10.1. The molecule has 2 aromatic carbocycles. The predicted octanol–water partition coefficient (Wildman–Crippen LogP) is 4.97. The van der Waals surface area contributed by atoms with Crippen molar-refractivity contribution in [1.29, 1.82) is 0 Å². The number of imidazole rings is 1. The Balaban J connectivity index is 1.85. The van der Waals surface area contributed by atoms with Crippen LogP contribution in [0, 0.1) is 4.77 Å². The number of nitrogens with zero attached hydrogens (tertiary/aromatic N) is 1. The standard InChI is InChI=1S/C19H13ClN2O3S/c1-24-17-7-6-12(9-14(17)20)22-10-15(21-19(22)26)13-8-11-4-2-3-5-16(11)25-18(13)23/h2-10H,1H3,(H,21,26). The van der Waals surface area contributed by atoms with Crippen molar-refractivity contribution in [3.8, 4) is 22.7 Å². The lowest BCUT2D eigenvalue weighted by molar-refractivity contribution is 0.415. The fourth-order valence-electron chi connectivity index (χ4n) is 2.78. The number of rotatable bonds is 3. The molecule has 5 nitrogen and oxygen atoms in total. The van der Waals surface area contributed by atoms with Crippen LogP contribution in [0.5, 0.6) is 5.75 Å². The third-order valence-electron chi connectivity index (χ3n) is 4.06. The summed E-state index contributed by atoms with van der Waals surface area (Å²) in [5.74, 6) is 0.577. The molecule has 0 atom stereocenters. The molecule has 0 amide bonds. The van der Waals surface area contributed by atoms with E-state index in [1.807, 2.05) is 24.3 Å². The Kier molecular flexibility index (Phi) is 4.14. The van der Waals surface area contributed by atoms with Crippen LogP contribution in [-0.2, 0) is 0 Å². The van der Waals surface area contributed by atoms with Crippen molar-refractivity contribution in [1.82, 2.24) is 9.55 Å². The Morgan fingerprint density at radius 2 is 2.00 bits per heavy atom. The van der Waals surface area contributed by atoms with Gasteiger partial charge in [0.2, 0.25) is 0 Å². The molecule has 130 valence electrons. The largest absolute Gasteiger partial charge is 0.495 e. The predicted molar refractivity (Wildman–Crippen MR) is 104 cm³/mol. The molecule has 0 spiro atoms. The second-order valence-electron chi connectivity index (χ2n) is 5.65. The second kappa shape index (κ2) is 6.48. The van der Waals surface area contributed by atoms with Crippen LogP contribution in [0.25, 0.3) is 27.9 Å². The van der Waals surface area contributed by atoms with E-state index in [4.69, 9.17) is 33.0 Å². The van der Waals surface area contributed by atoms with Gasteiger partial charge in [-0.05, 0) is 42.5 Å². The molecule has 0 saturated carbocycles. The lowest BCUT2D eigenvalue weighted by Crippen LogP contribution is -2.02. The van der Waals surface area contributed by atoms with Gasteiger partial charge in [0.1, 0.15) is 11.3 Å². The minimum atomic E-state index is -0.431. The minimum Gasteiger partial charge on any atom is -0.495 e. The minimum absolute atomic E-state index is 0.410. The number of aromatic amines is 1. The number of halogens is 1. The number of H-pyrrole nitrogens is 1. The van der Waals surface area contributed by atoms with Gasteiger partial charge < -0.3 is 14.1 Å². The van der Waals surface area contributed by atoms with Crippen molar-refractivity contribution < 1.29 is 9.15 Å². The van der Waals surface area contributed by atoms with Gasteiger partial charge in [-0.2, -0.15) is 0 Å². The summed E-state index contributed by atoms with van der Waals surface area (Å²) in [6.07, 6.45) is 1.75. The van der Waals surface area contributed by atoms with Crippen molar-refractivity contribution in [2.45, 2.75) is 0 Å². The van der Waals surface area contributed by atoms with E-state index in [-0.39, 0.29) is 0 Å². The number of methoxy groups -OCH3 is 1. The number of hydrogen-bond donors (Lipinski definition) is 1. The van der Waals surface area contributed by atoms with Crippen LogP contribution in [0.2, 0.25) is 5.02 Å². The first-order chi connectivity index (χ1) is 12.6. The summed E-state index contributed by atoms with van der Waals surface area (Å²) in [4.78, 5) is 15.4. The van der Waals surface area contributed by atoms with Crippen LogP contribution in [0.1, 0.15) is 0 Å². The Hall–Kier alpha value is -2.83. The third kappa shape index (κ3) is 2.83. The monoisotopic (exact) mass is 384 g/mol. The van der Waals surface area contributed by atoms with Crippen LogP contribution < -0.4 is 10.4 Å². The average molecular weight is 385 g/mol. The number of ether oxygens (including phenoxy) is 1. The molecule has 0 saturated heterocycles. The zero-order valence-corrected chi connectivity index (χ0v) is 15.2. The number of fused-ring (bicyclic) bond motifs is 1. The molecule has 2 heterocycles. The molecule has 0 aliphatic heterocycles. The molecule has 7 heteroatoms. The van der Waals surface area contributed by atoms with Crippen LogP contribution in [0.15, 0.2) is 63.9 Å². The van der Waals surface area contributed by atoms with Gasteiger partial charge in [0.25, 0.3) is 0 Å². The maximum atomic E-state index is 12.4. The van der Waals surface area contributed by atoms with E-state index in [1.54, 1.807) is 42.1 Å². The first-order valence-corrected chi connectivity index (χ1v) is 8.54. The molecule has 0 fully saturated rings. The SMILES string of the molecule is COc1ccc(-n2cc(-c3cc4ccccc4oc3=O)[nH]c2=S)cc1Cl. The highest BCUT2D eigenvalue weighted by Gasteiger charge is 2.12. The van der Waals surface area contributed by atoms with Crippen LogP contribution >= 0.6 is 23.8 Å². The number of hydrogen-bond acceptors (Lipinski definition) is 4. The van der Waals surface area contributed by atoms with Crippen molar-refractivity contribution in [3.63, 3.8) is 0 Å². The lowest BCUT2D eigenvalue weighted by Gasteiger charge is -2.06. The van der Waals surface area contributed by atoms with E-state index in [2.05, 4.69) is 4.98 Å². The van der Waals surface area contributed by atoms with Crippen molar-refractivity contribution in [2.75, 3.05) is 7.11 Å². The van der Waals surface area contributed by atoms with Crippen LogP contribution in [-0.4, -0.2) is 16.7 Å². The molecule has 0 aliphatic carbocycles. The summed E-state index contributed by atoms with van der Waals surface area (Å²) in [5, 5.41) is 1.31. The smallest absolute Gasteiger partial charge is 0.345 e. The van der Waals surface area contributed by atoms with Crippen LogP contribution in [0.4, 0.5) is 0 Å². The summed E-state index contributed by atoms with van der Waals surface area (Å²) in [7, 11) is 1.56. The Bertz CT molecular complexity index is 1240. The Morgan fingerprint density at radius 1 is 1.19 bits per heavy atom. The van der Waals surface area contributed by atoms with Gasteiger partial charge in [0, 0.05) is 17.3 Å². The van der Waals surface area contributed by atoms with Crippen molar-refractivity contribution in [2.24, 2.45) is 0 Å². The molecule has 0 bridgehead atoms. The Labute approximate surface area is 158 Å². The van der Waals surface area contributed by atoms with E-state index < -0.39 is 5.63 Å². The van der Waals surface area contributed by atoms with E-state index >= 15 is 0 Å². The summed E-state index contributed by atoms with van der Waals surface area (Å²) in [6.45, 7) is 0. The van der Waals surface area contributed by atoms with Crippen molar-refractivity contribution in [3.05, 3.63) is 74.9 Å². The number of aromatic nitrogens is 2. The molecule has 26 heavy (non-hydrogen) atoms. The zero-order valence-electron chi connectivity index (χ0n) is 13.7. The normalized spacial score (nSPS) is 11.0. The molecule has 2 aromatic heterocycles. The summed E-state index contributed by atoms with van der Waals surface area (Å²) in [5.41, 5.74) is 1.85. The maximum Gasteiger partial charge on any atom is 0.345 e. The van der Waals surface area contributed by atoms with E-state index in [1.165, 1.54) is 0 Å². The molecule has 0 radical (unpaired) electrons. The Morgan fingerprint density at radius 3 is 2.77 bits per heavy atom. The quantitative estimate of drug-likeness (QED) is 0.400. The highest BCUT2D eigenvalue weighted by molar-refractivity contribution is 7.71. The van der Waals surface area contributed by atoms with Crippen molar-refractivity contribution >= 4 is 34.8 Å². The second-order valence-corrected chi connectivity index (χ2v) is 6.44. The molecule has 4 rings (SSSR count). The van der Waals surface area contributed by atoms with Gasteiger partial charge in [-0.3, -0.25) is 4.57 Å². The number of nitrogens with one attached hydrogen (secondary N) is 1. The van der Waals surface area contributed by atoms with E-state index in [0.29, 0.717) is 32.4 Å². The maximum absolute atomic E-state index is 12.4. The number of para-hydroxylation sites is 1. The topological polar surface area (TPSA) is 60.2 Å². The van der Waals surface area contributed by atoms with E-state index in [9.17, 15) is 4.79 Å². The summed E-state index contributed by atoms with van der Waals surface area (Å²) >= 11 is 11.6.